The summed E-state index contributed by atoms with van der Waals surface area (Å²) in [6.45, 7) is 4.94. The quantitative estimate of drug-likeness (QED) is 0.833. The Hall–Kier alpha value is -1.16. The fraction of sp³-hybridized carbons (Fsp3) is 0.412. The molecule has 108 valence electrons. The van der Waals surface area contributed by atoms with Gasteiger partial charge in [-0.15, -0.1) is 11.3 Å². The van der Waals surface area contributed by atoms with E-state index < -0.39 is 0 Å². The zero-order valence-corrected chi connectivity index (χ0v) is 13.0. The van der Waals surface area contributed by atoms with Crippen molar-refractivity contribution in [1.82, 2.24) is 0 Å². The third kappa shape index (κ3) is 3.92. The number of hydrogen-bond donors (Lipinski definition) is 1. The Morgan fingerprint density at radius 2 is 2.00 bits per heavy atom. The number of nitrogens with two attached hydrogens (primary N) is 1. The van der Waals surface area contributed by atoms with Crippen LogP contribution in [-0.4, -0.2) is 12.6 Å². The van der Waals surface area contributed by atoms with E-state index >= 15 is 0 Å². The molecule has 2 nitrogen and oxygen atoms in total. The lowest BCUT2D eigenvalue weighted by molar-refractivity contribution is 0.0353. The Labute approximate surface area is 125 Å². The Morgan fingerprint density at radius 1 is 1.20 bits per heavy atom. The molecular formula is C17H23NOS. The van der Waals surface area contributed by atoms with E-state index in [1.54, 1.807) is 11.3 Å². The zero-order chi connectivity index (χ0) is 14.4. The summed E-state index contributed by atoms with van der Waals surface area (Å²) in [4.78, 5) is 1.36. The van der Waals surface area contributed by atoms with Gasteiger partial charge in [-0.3, -0.25) is 0 Å². The van der Waals surface area contributed by atoms with Crippen LogP contribution >= 0.6 is 11.3 Å². The molecule has 0 spiro atoms. The van der Waals surface area contributed by atoms with Gasteiger partial charge in [-0.25, -0.2) is 0 Å². The molecule has 0 radical (unpaired) electrons. The maximum absolute atomic E-state index is 6.26. The molecular weight excluding hydrogens is 266 g/mol. The van der Waals surface area contributed by atoms with Gasteiger partial charge in [-0.05, 0) is 35.9 Å². The molecule has 2 rings (SSSR count). The monoisotopic (exact) mass is 289 g/mol. The number of hydrogen-bond acceptors (Lipinski definition) is 3. The third-order valence-corrected chi connectivity index (χ3v) is 4.52. The largest absolute Gasteiger partial charge is 0.372 e. The molecule has 0 aliphatic heterocycles. The highest BCUT2D eigenvalue weighted by molar-refractivity contribution is 7.09. The average molecular weight is 289 g/mol. The number of benzene rings is 1. The summed E-state index contributed by atoms with van der Waals surface area (Å²) in [6, 6.07) is 12.6. The summed E-state index contributed by atoms with van der Waals surface area (Å²) >= 11 is 1.78. The number of aryl methyl sites for hydroxylation is 1. The van der Waals surface area contributed by atoms with Crippen molar-refractivity contribution in [2.24, 2.45) is 5.73 Å². The molecule has 2 N–H and O–H groups in total. The van der Waals surface area contributed by atoms with Crippen molar-refractivity contribution in [3.05, 3.63) is 57.8 Å². The number of thiophene rings is 1. The molecule has 0 bridgehead atoms. The van der Waals surface area contributed by atoms with Crippen LogP contribution in [0.4, 0.5) is 0 Å². The Bertz CT molecular complexity index is 509. The van der Waals surface area contributed by atoms with Crippen molar-refractivity contribution in [3.8, 4) is 0 Å². The molecule has 0 saturated carbocycles. The SMILES string of the molecule is CCC(N)C(OCCc1cccs1)c1ccccc1C. The van der Waals surface area contributed by atoms with Gasteiger partial charge in [-0.2, -0.15) is 0 Å². The molecule has 0 fully saturated rings. The summed E-state index contributed by atoms with van der Waals surface area (Å²) in [5, 5.41) is 2.10. The second-order valence-electron chi connectivity index (χ2n) is 5.05. The number of ether oxygens (including phenoxy) is 1. The van der Waals surface area contributed by atoms with E-state index in [0.717, 1.165) is 12.8 Å². The van der Waals surface area contributed by atoms with Crippen LogP contribution in [0.2, 0.25) is 0 Å². The lowest BCUT2D eigenvalue weighted by Crippen LogP contribution is -2.30. The van der Waals surface area contributed by atoms with E-state index in [4.69, 9.17) is 10.5 Å². The van der Waals surface area contributed by atoms with E-state index in [0.29, 0.717) is 6.61 Å². The Kier molecular flexibility index (Phi) is 5.77. The van der Waals surface area contributed by atoms with Gasteiger partial charge < -0.3 is 10.5 Å². The first-order chi connectivity index (χ1) is 9.72. The maximum atomic E-state index is 6.26. The van der Waals surface area contributed by atoms with E-state index in [-0.39, 0.29) is 12.1 Å². The summed E-state index contributed by atoms with van der Waals surface area (Å²) in [5.74, 6) is 0. The molecule has 0 aliphatic carbocycles. The lowest BCUT2D eigenvalue weighted by Gasteiger charge is -2.25. The molecule has 2 unspecified atom stereocenters. The highest BCUT2D eigenvalue weighted by Crippen LogP contribution is 2.25. The molecule has 1 aromatic carbocycles. The minimum atomic E-state index is -0.0128. The van der Waals surface area contributed by atoms with E-state index in [9.17, 15) is 0 Å². The highest BCUT2D eigenvalue weighted by Gasteiger charge is 2.20. The first kappa shape index (κ1) is 15.2. The zero-order valence-electron chi connectivity index (χ0n) is 12.2. The molecule has 1 aromatic heterocycles. The van der Waals surface area contributed by atoms with Gasteiger partial charge in [-0.1, -0.05) is 37.3 Å². The van der Waals surface area contributed by atoms with Gasteiger partial charge in [0.05, 0.1) is 12.7 Å². The highest BCUT2D eigenvalue weighted by atomic mass is 32.1. The first-order valence-corrected chi connectivity index (χ1v) is 8.05. The van der Waals surface area contributed by atoms with E-state index in [2.05, 4.69) is 55.6 Å². The first-order valence-electron chi connectivity index (χ1n) is 7.17. The summed E-state index contributed by atoms with van der Waals surface area (Å²) in [6.07, 6.45) is 1.86. The van der Waals surface area contributed by atoms with Gasteiger partial charge in [0, 0.05) is 17.3 Å². The standard InChI is InChI=1S/C17H23NOS/c1-3-16(18)17(15-9-5-4-7-13(15)2)19-11-10-14-8-6-12-20-14/h4-9,12,16-17H,3,10-11,18H2,1-2H3. The minimum Gasteiger partial charge on any atom is -0.372 e. The van der Waals surface area contributed by atoms with Gasteiger partial charge in [0.15, 0.2) is 0 Å². The van der Waals surface area contributed by atoms with Gasteiger partial charge in [0.25, 0.3) is 0 Å². The summed E-state index contributed by atoms with van der Waals surface area (Å²) in [7, 11) is 0. The van der Waals surface area contributed by atoms with Crippen LogP contribution in [0.25, 0.3) is 0 Å². The molecule has 0 aliphatic rings. The van der Waals surface area contributed by atoms with Crippen LogP contribution < -0.4 is 5.73 Å². The molecule has 0 saturated heterocycles. The molecule has 20 heavy (non-hydrogen) atoms. The fourth-order valence-electron chi connectivity index (χ4n) is 2.31. The third-order valence-electron chi connectivity index (χ3n) is 3.58. The van der Waals surface area contributed by atoms with Crippen molar-refractivity contribution in [1.29, 1.82) is 0 Å². The Balaban J connectivity index is 2.02. The van der Waals surface area contributed by atoms with Gasteiger partial charge >= 0.3 is 0 Å². The van der Waals surface area contributed by atoms with Crippen molar-refractivity contribution in [2.75, 3.05) is 6.61 Å². The summed E-state index contributed by atoms with van der Waals surface area (Å²) < 4.78 is 6.12. The lowest BCUT2D eigenvalue weighted by atomic mass is 9.97. The fourth-order valence-corrected chi connectivity index (χ4v) is 3.00. The normalized spacial score (nSPS) is 14.2. The molecule has 2 aromatic rings. The second-order valence-corrected chi connectivity index (χ2v) is 6.08. The van der Waals surface area contributed by atoms with E-state index in [1.807, 2.05) is 0 Å². The smallest absolute Gasteiger partial charge is 0.0978 e. The topological polar surface area (TPSA) is 35.2 Å². The maximum Gasteiger partial charge on any atom is 0.0978 e. The minimum absolute atomic E-state index is 0.0128. The second kappa shape index (κ2) is 7.58. The van der Waals surface area contributed by atoms with Crippen molar-refractivity contribution in [3.63, 3.8) is 0 Å². The molecule has 1 heterocycles. The number of rotatable bonds is 7. The predicted molar refractivity (Wildman–Crippen MR) is 86.2 cm³/mol. The van der Waals surface area contributed by atoms with Crippen molar-refractivity contribution >= 4 is 11.3 Å². The molecule has 0 amide bonds. The van der Waals surface area contributed by atoms with Crippen LogP contribution in [0.1, 0.15) is 35.5 Å². The van der Waals surface area contributed by atoms with Crippen molar-refractivity contribution < 1.29 is 4.74 Å². The van der Waals surface area contributed by atoms with Crippen molar-refractivity contribution in [2.45, 2.75) is 38.8 Å². The molecule has 3 heteroatoms. The average Bonchev–Trinajstić information content (AvgIpc) is 2.97. The molecule has 2 atom stereocenters. The van der Waals surface area contributed by atoms with Crippen LogP contribution in [0.3, 0.4) is 0 Å². The van der Waals surface area contributed by atoms with Crippen LogP contribution in [0.15, 0.2) is 41.8 Å². The van der Waals surface area contributed by atoms with Crippen LogP contribution in [-0.2, 0) is 11.2 Å². The van der Waals surface area contributed by atoms with Crippen LogP contribution in [0, 0.1) is 6.92 Å². The summed E-state index contributed by atoms with van der Waals surface area (Å²) in [5.41, 5.74) is 8.72. The van der Waals surface area contributed by atoms with Gasteiger partial charge in [0.1, 0.15) is 0 Å². The van der Waals surface area contributed by atoms with E-state index in [1.165, 1.54) is 16.0 Å². The van der Waals surface area contributed by atoms with Crippen LogP contribution in [0.5, 0.6) is 0 Å². The van der Waals surface area contributed by atoms with Gasteiger partial charge in [0.2, 0.25) is 0 Å². The predicted octanol–water partition coefficient (Wildman–Crippen LogP) is 4.09. The Morgan fingerprint density at radius 3 is 2.65 bits per heavy atom.